The highest BCUT2D eigenvalue weighted by atomic mass is 16.6. The largest absolute Gasteiger partial charge is 0.457 e. The molecule has 0 radical (unpaired) electrons. The molecular formula is C27H33N3O3. The lowest BCUT2D eigenvalue weighted by molar-refractivity contribution is -0.148. The average molecular weight is 448 g/mol. The third kappa shape index (κ3) is 8.40. The molecule has 1 saturated heterocycles. The molecule has 3 rings (SSSR count). The van der Waals surface area contributed by atoms with Crippen LogP contribution in [0.3, 0.4) is 0 Å². The SMILES string of the molecule is CN1CCN(Cc2cccc(C(=O)C=Cc3cccc(C=CC(=O)OC(C)(C)C)n3)c2)CC1. The summed E-state index contributed by atoms with van der Waals surface area (Å²) in [6, 6.07) is 13.3. The van der Waals surface area contributed by atoms with E-state index in [-0.39, 0.29) is 5.78 Å². The van der Waals surface area contributed by atoms with Crippen LogP contribution in [0, 0.1) is 0 Å². The Kier molecular flexibility index (Phi) is 8.31. The highest BCUT2D eigenvalue weighted by molar-refractivity contribution is 6.06. The minimum absolute atomic E-state index is 0.0632. The Morgan fingerprint density at radius 1 is 0.970 bits per heavy atom. The van der Waals surface area contributed by atoms with Gasteiger partial charge in [-0.3, -0.25) is 9.69 Å². The molecule has 0 aliphatic carbocycles. The van der Waals surface area contributed by atoms with Gasteiger partial charge in [-0.05, 0) is 69.8 Å². The summed E-state index contributed by atoms with van der Waals surface area (Å²) >= 11 is 0. The highest BCUT2D eigenvalue weighted by Gasteiger charge is 2.15. The fourth-order valence-corrected chi connectivity index (χ4v) is 3.49. The zero-order valence-corrected chi connectivity index (χ0v) is 20.0. The van der Waals surface area contributed by atoms with Gasteiger partial charge in [0.15, 0.2) is 5.78 Å². The lowest BCUT2D eigenvalue weighted by Crippen LogP contribution is -2.43. The van der Waals surface area contributed by atoms with Gasteiger partial charge in [0.05, 0.1) is 11.4 Å². The first kappa shape index (κ1) is 24.6. The quantitative estimate of drug-likeness (QED) is 0.362. The lowest BCUT2D eigenvalue weighted by atomic mass is 10.1. The standard InChI is InChI=1S/C27H33N3O3/c1-27(2,3)33-26(32)14-12-24-10-6-9-23(28-24)11-13-25(31)22-8-5-7-21(19-22)20-30-17-15-29(4)16-18-30/h5-14,19H,15-18,20H2,1-4H3. The van der Waals surface area contributed by atoms with Gasteiger partial charge >= 0.3 is 5.97 Å². The molecule has 2 heterocycles. The first-order chi connectivity index (χ1) is 15.7. The number of carbonyl (C=O) groups excluding carboxylic acids is 2. The molecule has 1 aliphatic rings. The van der Waals surface area contributed by atoms with Gasteiger partial charge in [0.2, 0.25) is 0 Å². The number of nitrogens with zero attached hydrogens (tertiary/aromatic N) is 3. The number of benzene rings is 1. The van der Waals surface area contributed by atoms with Crippen LogP contribution in [0.5, 0.6) is 0 Å². The summed E-state index contributed by atoms with van der Waals surface area (Å²) in [5, 5.41) is 0. The van der Waals surface area contributed by atoms with Crippen LogP contribution in [0.2, 0.25) is 0 Å². The number of carbonyl (C=O) groups is 2. The van der Waals surface area contributed by atoms with Crippen molar-refractivity contribution < 1.29 is 14.3 Å². The number of allylic oxidation sites excluding steroid dienone is 1. The number of pyridine rings is 1. The maximum absolute atomic E-state index is 12.7. The smallest absolute Gasteiger partial charge is 0.331 e. The molecule has 0 N–H and O–H groups in total. The number of rotatable bonds is 7. The van der Waals surface area contributed by atoms with E-state index >= 15 is 0 Å². The van der Waals surface area contributed by atoms with Crippen molar-refractivity contribution in [2.45, 2.75) is 32.9 Å². The zero-order chi connectivity index (χ0) is 23.8. The van der Waals surface area contributed by atoms with Gasteiger partial charge in [-0.1, -0.05) is 24.3 Å². The number of hydrogen-bond donors (Lipinski definition) is 0. The van der Waals surface area contributed by atoms with Crippen LogP contribution in [0.25, 0.3) is 12.2 Å². The zero-order valence-electron chi connectivity index (χ0n) is 20.0. The van der Waals surface area contributed by atoms with Gasteiger partial charge in [-0.2, -0.15) is 0 Å². The number of aromatic nitrogens is 1. The molecule has 1 aromatic heterocycles. The summed E-state index contributed by atoms with van der Waals surface area (Å²) < 4.78 is 5.26. The molecule has 6 nitrogen and oxygen atoms in total. The van der Waals surface area contributed by atoms with Crippen LogP contribution in [0.1, 0.15) is 48.1 Å². The van der Waals surface area contributed by atoms with E-state index in [2.05, 4.69) is 27.9 Å². The second-order valence-corrected chi connectivity index (χ2v) is 9.33. The van der Waals surface area contributed by atoms with E-state index in [1.54, 1.807) is 24.3 Å². The number of piperazine rings is 1. The molecule has 0 saturated carbocycles. The first-order valence-corrected chi connectivity index (χ1v) is 11.3. The molecule has 6 heteroatoms. The molecular weight excluding hydrogens is 414 g/mol. The Hall–Kier alpha value is -3.09. The van der Waals surface area contributed by atoms with Crippen LogP contribution in [0.4, 0.5) is 0 Å². The summed E-state index contributed by atoms with van der Waals surface area (Å²) in [4.78, 5) is 33.8. The van der Waals surface area contributed by atoms with Crippen molar-refractivity contribution in [2.75, 3.05) is 33.2 Å². The molecule has 0 amide bonds. The first-order valence-electron chi connectivity index (χ1n) is 11.3. The van der Waals surface area contributed by atoms with E-state index in [0.29, 0.717) is 17.0 Å². The Morgan fingerprint density at radius 2 is 1.61 bits per heavy atom. The molecule has 0 atom stereocenters. The Labute approximate surface area is 196 Å². The maximum Gasteiger partial charge on any atom is 0.331 e. The molecule has 1 aliphatic heterocycles. The van der Waals surface area contributed by atoms with Crippen molar-refractivity contribution in [3.8, 4) is 0 Å². The van der Waals surface area contributed by atoms with Gasteiger partial charge in [-0.25, -0.2) is 9.78 Å². The average Bonchev–Trinajstić information content (AvgIpc) is 2.77. The molecule has 2 aromatic rings. The van der Waals surface area contributed by atoms with E-state index in [9.17, 15) is 9.59 Å². The molecule has 33 heavy (non-hydrogen) atoms. The third-order valence-corrected chi connectivity index (χ3v) is 5.21. The van der Waals surface area contributed by atoms with Crippen LogP contribution in [0.15, 0.2) is 54.6 Å². The fourth-order valence-electron chi connectivity index (χ4n) is 3.49. The van der Waals surface area contributed by atoms with E-state index < -0.39 is 11.6 Å². The van der Waals surface area contributed by atoms with Gasteiger partial charge < -0.3 is 9.64 Å². The van der Waals surface area contributed by atoms with Gasteiger partial charge in [0.1, 0.15) is 5.60 Å². The Morgan fingerprint density at radius 3 is 2.27 bits per heavy atom. The summed E-state index contributed by atoms with van der Waals surface area (Å²) in [5.41, 5.74) is 2.53. The minimum atomic E-state index is -0.540. The van der Waals surface area contributed by atoms with Crippen molar-refractivity contribution >= 4 is 23.9 Å². The van der Waals surface area contributed by atoms with Gasteiger partial charge in [-0.15, -0.1) is 0 Å². The predicted molar refractivity (Wildman–Crippen MR) is 132 cm³/mol. The lowest BCUT2D eigenvalue weighted by Gasteiger charge is -2.32. The number of likely N-dealkylation sites (N-methyl/N-ethyl adjacent to an activating group) is 1. The van der Waals surface area contributed by atoms with Crippen LogP contribution < -0.4 is 0 Å². The van der Waals surface area contributed by atoms with Crippen LogP contribution >= 0.6 is 0 Å². The second-order valence-electron chi connectivity index (χ2n) is 9.33. The minimum Gasteiger partial charge on any atom is -0.457 e. The maximum atomic E-state index is 12.7. The van der Waals surface area contributed by atoms with E-state index in [1.807, 2.05) is 51.1 Å². The van der Waals surface area contributed by atoms with E-state index in [4.69, 9.17) is 4.74 Å². The van der Waals surface area contributed by atoms with Gasteiger partial charge in [0.25, 0.3) is 0 Å². The summed E-state index contributed by atoms with van der Waals surface area (Å²) in [5.74, 6) is -0.483. The number of hydrogen-bond acceptors (Lipinski definition) is 6. The molecule has 0 spiro atoms. The van der Waals surface area contributed by atoms with Crippen molar-refractivity contribution in [2.24, 2.45) is 0 Å². The molecule has 1 aromatic carbocycles. The van der Waals surface area contributed by atoms with E-state index in [1.165, 1.54) is 6.08 Å². The highest BCUT2D eigenvalue weighted by Crippen LogP contribution is 2.13. The van der Waals surface area contributed by atoms with Crippen LogP contribution in [-0.2, 0) is 16.1 Å². The number of ketones is 1. The normalized spacial score (nSPS) is 15.9. The molecule has 0 unspecified atom stereocenters. The topological polar surface area (TPSA) is 62.7 Å². The third-order valence-electron chi connectivity index (χ3n) is 5.21. The summed E-state index contributed by atoms with van der Waals surface area (Å²) in [7, 11) is 2.14. The van der Waals surface area contributed by atoms with Crippen molar-refractivity contribution in [3.63, 3.8) is 0 Å². The van der Waals surface area contributed by atoms with Crippen molar-refractivity contribution in [1.82, 2.24) is 14.8 Å². The molecule has 1 fully saturated rings. The van der Waals surface area contributed by atoms with Crippen molar-refractivity contribution in [3.05, 3.63) is 77.1 Å². The number of ether oxygens (including phenoxy) is 1. The van der Waals surface area contributed by atoms with Crippen LogP contribution in [-0.4, -0.2) is 65.4 Å². The van der Waals surface area contributed by atoms with Crippen molar-refractivity contribution in [1.29, 1.82) is 0 Å². The molecule has 174 valence electrons. The number of esters is 1. The summed E-state index contributed by atoms with van der Waals surface area (Å²) in [6.45, 7) is 10.5. The fraction of sp³-hybridized carbons (Fsp3) is 0.370. The summed E-state index contributed by atoms with van der Waals surface area (Å²) in [6.07, 6.45) is 6.20. The monoisotopic (exact) mass is 447 g/mol. The van der Waals surface area contributed by atoms with Gasteiger partial charge in [0, 0.05) is 44.4 Å². The Balaban J connectivity index is 1.61. The molecule has 0 bridgehead atoms. The van der Waals surface area contributed by atoms with E-state index in [0.717, 1.165) is 38.3 Å². The predicted octanol–water partition coefficient (Wildman–Crippen LogP) is 4.08. The Bertz CT molecular complexity index is 1030. The second kappa shape index (κ2) is 11.2.